The zero-order chi connectivity index (χ0) is 18.2. The third-order valence-electron chi connectivity index (χ3n) is 4.04. The number of hydrogen-bond donors (Lipinski definition) is 2. The maximum Gasteiger partial charge on any atom is 0.319 e. The van der Waals surface area contributed by atoms with Gasteiger partial charge in [-0.1, -0.05) is 38.5 Å². The first kappa shape index (κ1) is 18.8. The molecule has 0 spiro atoms. The van der Waals surface area contributed by atoms with Gasteiger partial charge in [-0.05, 0) is 31.0 Å². The van der Waals surface area contributed by atoms with E-state index in [1.54, 1.807) is 0 Å². The average molecular weight is 346 g/mol. The van der Waals surface area contributed by atoms with Gasteiger partial charge in [0.15, 0.2) is 0 Å². The standard InChI is InChI=1S/C19H26N2O4/c1-4-6-7-11-25-18(22)16-13(3)20-19(23)21-17(16)14-9-8-10-15(12-14)24-5-2/h8-10,12,16-17H,3-7,11H2,1-2H3,(H2,20,21,23)/t16-,17+/m1/s1. The van der Waals surface area contributed by atoms with Gasteiger partial charge in [-0.15, -0.1) is 0 Å². The second-order valence-electron chi connectivity index (χ2n) is 5.96. The molecule has 0 aliphatic carbocycles. The zero-order valence-corrected chi connectivity index (χ0v) is 14.8. The molecule has 6 nitrogen and oxygen atoms in total. The van der Waals surface area contributed by atoms with Crippen molar-refractivity contribution in [1.82, 2.24) is 10.6 Å². The van der Waals surface area contributed by atoms with Crippen LogP contribution in [0.5, 0.6) is 5.75 Å². The second-order valence-corrected chi connectivity index (χ2v) is 5.96. The summed E-state index contributed by atoms with van der Waals surface area (Å²) < 4.78 is 10.9. The number of amides is 2. The molecule has 136 valence electrons. The van der Waals surface area contributed by atoms with E-state index >= 15 is 0 Å². The average Bonchev–Trinajstić information content (AvgIpc) is 2.58. The van der Waals surface area contributed by atoms with Crippen molar-refractivity contribution in [2.45, 2.75) is 39.2 Å². The molecule has 1 aliphatic rings. The lowest BCUT2D eigenvalue weighted by Gasteiger charge is -2.33. The van der Waals surface area contributed by atoms with E-state index in [0.29, 0.717) is 24.7 Å². The van der Waals surface area contributed by atoms with Crippen LogP contribution in [0.15, 0.2) is 36.5 Å². The lowest BCUT2D eigenvalue weighted by Crippen LogP contribution is -2.51. The van der Waals surface area contributed by atoms with Crippen molar-refractivity contribution in [2.75, 3.05) is 13.2 Å². The third kappa shape index (κ3) is 4.98. The van der Waals surface area contributed by atoms with Crippen LogP contribution < -0.4 is 15.4 Å². The molecular formula is C19H26N2O4. The minimum absolute atomic E-state index is 0.344. The lowest BCUT2D eigenvalue weighted by atomic mass is 9.89. The molecule has 0 unspecified atom stereocenters. The highest BCUT2D eigenvalue weighted by atomic mass is 16.5. The molecule has 1 aliphatic heterocycles. The molecule has 0 saturated carbocycles. The van der Waals surface area contributed by atoms with Crippen molar-refractivity contribution in [3.63, 3.8) is 0 Å². The molecule has 0 aromatic heterocycles. The summed E-state index contributed by atoms with van der Waals surface area (Å²) in [5.41, 5.74) is 1.12. The van der Waals surface area contributed by atoms with E-state index in [-0.39, 0.29) is 12.0 Å². The Morgan fingerprint density at radius 1 is 1.28 bits per heavy atom. The van der Waals surface area contributed by atoms with Crippen molar-refractivity contribution in [2.24, 2.45) is 5.92 Å². The van der Waals surface area contributed by atoms with Gasteiger partial charge in [0.1, 0.15) is 11.7 Å². The normalized spacial score (nSPS) is 19.8. The summed E-state index contributed by atoms with van der Waals surface area (Å²) in [6, 6.07) is 6.42. The van der Waals surface area contributed by atoms with Gasteiger partial charge in [-0.3, -0.25) is 4.79 Å². The molecule has 25 heavy (non-hydrogen) atoms. The lowest BCUT2D eigenvalue weighted by molar-refractivity contribution is -0.148. The maximum absolute atomic E-state index is 12.6. The molecule has 2 amide bonds. The van der Waals surface area contributed by atoms with Crippen molar-refractivity contribution in [3.05, 3.63) is 42.1 Å². The highest BCUT2D eigenvalue weighted by Gasteiger charge is 2.39. The first-order valence-corrected chi connectivity index (χ1v) is 8.72. The topological polar surface area (TPSA) is 76.7 Å². The Kier molecular flexibility index (Phi) is 6.86. The zero-order valence-electron chi connectivity index (χ0n) is 14.8. The molecule has 6 heteroatoms. The van der Waals surface area contributed by atoms with Crippen LogP contribution >= 0.6 is 0 Å². The molecule has 1 saturated heterocycles. The predicted molar refractivity (Wildman–Crippen MR) is 95.1 cm³/mol. The van der Waals surface area contributed by atoms with Crippen LogP contribution in [0.3, 0.4) is 0 Å². The van der Waals surface area contributed by atoms with Gasteiger partial charge in [-0.25, -0.2) is 4.79 Å². The van der Waals surface area contributed by atoms with Crippen LogP contribution in [0.2, 0.25) is 0 Å². The van der Waals surface area contributed by atoms with Crippen molar-refractivity contribution in [3.8, 4) is 5.75 Å². The molecular weight excluding hydrogens is 320 g/mol. The minimum atomic E-state index is -0.684. The van der Waals surface area contributed by atoms with E-state index in [2.05, 4.69) is 24.1 Å². The molecule has 2 atom stereocenters. The molecule has 1 fully saturated rings. The monoisotopic (exact) mass is 346 g/mol. The van der Waals surface area contributed by atoms with Crippen LogP contribution in [-0.4, -0.2) is 25.2 Å². The fourth-order valence-electron chi connectivity index (χ4n) is 2.82. The van der Waals surface area contributed by atoms with Gasteiger partial charge in [0.2, 0.25) is 0 Å². The van der Waals surface area contributed by atoms with E-state index in [4.69, 9.17) is 9.47 Å². The van der Waals surface area contributed by atoms with Gasteiger partial charge in [0, 0.05) is 5.70 Å². The Labute approximate surface area is 148 Å². The van der Waals surface area contributed by atoms with Crippen LogP contribution in [-0.2, 0) is 9.53 Å². The number of nitrogens with one attached hydrogen (secondary N) is 2. The number of esters is 1. The number of urea groups is 1. The summed E-state index contributed by atoms with van der Waals surface area (Å²) >= 11 is 0. The quantitative estimate of drug-likeness (QED) is 0.559. The van der Waals surface area contributed by atoms with Crippen molar-refractivity contribution < 1.29 is 19.1 Å². The smallest absolute Gasteiger partial charge is 0.319 e. The maximum atomic E-state index is 12.6. The minimum Gasteiger partial charge on any atom is -0.494 e. The molecule has 2 N–H and O–H groups in total. The van der Waals surface area contributed by atoms with Crippen LogP contribution in [0.4, 0.5) is 4.79 Å². The van der Waals surface area contributed by atoms with Crippen LogP contribution in [0.25, 0.3) is 0 Å². The first-order chi connectivity index (χ1) is 12.1. The van der Waals surface area contributed by atoms with E-state index in [0.717, 1.165) is 24.8 Å². The highest BCUT2D eigenvalue weighted by Crippen LogP contribution is 2.32. The predicted octanol–water partition coefficient (Wildman–Crippen LogP) is 3.30. The van der Waals surface area contributed by atoms with E-state index in [1.807, 2.05) is 31.2 Å². The number of carbonyl (C=O) groups excluding carboxylic acids is 2. The number of rotatable bonds is 8. The second kappa shape index (κ2) is 9.11. The number of hydrogen-bond acceptors (Lipinski definition) is 4. The van der Waals surface area contributed by atoms with Crippen LogP contribution in [0, 0.1) is 5.92 Å². The Balaban J connectivity index is 2.18. The molecule has 2 rings (SSSR count). The van der Waals surface area contributed by atoms with Gasteiger partial charge in [0.05, 0.1) is 19.3 Å². The summed E-state index contributed by atoms with van der Waals surface area (Å²) in [4.78, 5) is 24.4. The van der Waals surface area contributed by atoms with Crippen molar-refractivity contribution in [1.29, 1.82) is 0 Å². The Hall–Kier alpha value is -2.50. The largest absolute Gasteiger partial charge is 0.494 e. The fourth-order valence-corrected chi connectivity index (χ4v) is 2.82. The van der Waals surface area contributed by atoms with Crippen LogP contribution in [0.1, 0.15) is 44.7 Å². The molecule has 0 radical (unpaired) electrons. The SMILES string of the molecule is C=C1NC(=O)N[C@@H](c2cccc(OCC)c2)[C@@H]1C(=O)OCCCCC. The summed E-state index contributed by atoms with van der Waals surface area (Å²) in [7, 11) is 0. The van der Waals surface area contributed by atoms with E-state index in [9.17, 15) is 9.59 Å². The molecule has 1 aromatic carbocycles. The van der Waals surface area contributed by atoms with Gasteiger partial charge >= 0.3 is 12.0 Å². The molecule has 0 bridgehead atoms. The van der Waals surface area contributed by atoms with E-state index in [1.165, 1.54) is 0 Å². The highest BCUT2D eigenvalue weighted by molar-refractivity contribution is 5.85. The molecule has 1 heterocycles. The van der Waals surface area contributed by atoms with E-state index < -0.39 is 12.0 Å². The van der Waals surface area contributed by atoms with Gasteiger partial charge in [-0.2, -0.15) is 0 Å². The third-order valence-corrected chi connectivity index (χ3v) is 4.04. The van der Waals surface area contributed by atoms with Crippen molar-refractivity contribution >= 4 is 12.0 Å². The number of ether oxygens (including phenoxy) is 2. The summed E-state index contributed by atoms with van der Waals surface area (Å²) in [5, 5.41) is 5.37. The Morgan fingerprint density at radius 2 is 2.08 bits per heavy atom. The summed E-state index contributed by atoms with van der Waals surface area (Å²) in [6.07, 6.45) is 2.89. The Morgan fingerprint density at radius 3 is 2.80 bits per heavy atom. The number of benzene rings is 1. The fraction of sp³-hybridized carbons (Fsp3) is 0.474. The first-order valence-electron chi connectivity index (χ1n) is 8.72. The molecule has 1 aromatic rings. The Bertz CT molecular complexity index is 630. The van der Waals surface area contributed by atoms with Gasteiger partial charge < -0.3 is 20.1 Å². The summed E-state index contributed by atoms with van der Waals surface area (Å²) in [6.45, 7) is 8.74. The number of unbranched alkanes of at least 4 members (excludes halogenated alkanes) is 2. The van der Waals surface area contributed by atoms with Gasteiger partial charge in [0.25, 0.3) is 0 Å². The summed E-state index contributed by atoms with van der Waals surface area (Å²) in [5.74, 6) is -0.384. The number of carbonyl (C=O) groups is 2.